The molecule has 2 aromatic carbocycles. The van der Waals surface area contributed by atoms with E-state index in [1.165, 1.54) is 11.8 Å². The van der Waals surface area contributed by atoms with Crippen molar-refractivity contribution in [3.8, 4) is 0 Å². The molecule has 2 rings (SSSR count). The molecule has 1 N–H and O–H groups in total. The van der Waals surface area contributed by atoms with Crippen LogP contribution in [0.5, 0.6) is 0 Å². The Labute approximate surface area is 153 Å². The predicted molar refractivity (Wildman–Crippen MR) is 95.0 cm³/mol. The number of carbonyl (C=O) groups excluding carboxylic acids is 1. The number of alkyl halides is 3. The molecule has 4 nitrogen and oxygen atoms in total. The van der Waals surface area contributed by atoms with Crippen LogP contribution in [0.2, 0.25) is 0 Å². The summed E-state index contributed by atoms with van der Waals surface area (Å²) in [5.74, 6) is 0.0734. The number of carbonyl (C=O) groups is 1. The molecule has 0 fully saturated rings. The number of anilines is 1. The molecule has 0 atom stereocenters. The molecule has 0 bridgehead atoms. The quantitative estimate of drug-likeness (QED) is 0.571. The second kappa shape index (κ2) is 7.96. The third kappa shape index (κ3) is 4.47. The average molecular weight is 401 g/mol. The van der Waals surface area contributed by atoms with Gasteiger partial charge in [0.15, 0.2) is 0 Å². The molecule has 0 saturated carbocycles. The lowest BCUT2D eigenvalue weighted by atomic mass is 10.2. The van der Waals surface area contributed by atoms with Gasteiger partial charge < -0.3 is 5.32 Å². The first-order valence-corrected chi connectivity index (χ1v) is 9.69. The zero-order valence-electron chi connectivity index (χ0n) is 13.3. The molecule has 0 aliphatic carbocycles. The molecule has 0 heterocycles. The third-order valence-electron chi connectivity index (χ3n) is 3.22. The summed E-state index contributed by atoms with van der Waals surface area (Å²) in [5.41, 5.74) is -4.82. The van der Waals surface area contributed by atoms with Gasteiger partial charge in [-0.2, -0.15) is 13.2 Å². The standard InChI is InChI=1S/C17H14F3NO3S2/c1-2-11-25-15-6-4-3-5-14(15)21-16(22)12-7-9-13(10-8-12)26(23,24)17(18,19)20/h2-10H,1,11H2,(H,21,22). The monoisotopic (exact) mass is 401 g/mol. The highest BCUT2D eigenvalue weighted by Gasteiger charge is 2.46. The van der Waals surface area contributed by atoms with Crippen LogP contribution < -0.4 is 5.32 Å². The van der Waals surface area contributed by atoms with E-state index in [9.17, 15) is 26.4 Å². The Morgan fingerprint density at radius 3 is 2.31 bits per heavy atom. The number of amides is 1. The summed E-state index contributed by atoms with van der Waals surface area (Å²) in [6.07, 6.45) is 1.71. The summed E-state index contributed by atoms with van der Waals surface area (Å²) in [5, 5.41) is 2.66. The summed E-state index contributed by atoms with van der Waals surface area (Å²) in [6, 6.07) is 10.6. The van der Waals surface area contributed by atoms with Gasteiger partial charge in [0.25, 0.3) is 15.7 Å². The van der Waals surface area contributed by atoms with Crippen LogP contribution in [0.1, 0.15) is 10.4 Å². The van der Waals surface area contributed by atoms with E-state index in [4.69, 9.17) is 0 Å². The van der Waals surface area contributed by atoms with Gasteiger partial charge in [0.2, 0.25) is 0 Å². The van der Waals surface area contributed by atoms with Crippen molar-refractivity contribution in [2.45, 2.75) is 15.3 Å². The minimum absolute atomic E-state index is 0.0367. The van der Waals surface area contributed by atoms with Crippen LogP contribution in [0.4, 0.5) is 18.9 Å². The number of nitrogens with one attached hydrogen (secondary N) is 1. The van der Waals surface area contributed by atoms with Gasteiger partial charge in [-0.25, -0.2) is 8.42 Å². The Kier molecular flexibility index (Phi) is 6.14. The van der Waals surface area contributed by atoms with Crippen molar-refractivity contribution in [2.75, 3.05) is 11.1 Å². The Morgan fingerprint density at radius 1 is 1.12 bits per heavy atom. The van der Waals surface area contributed by atoms with Crippen LogP contribution in [-0.4, -0.2) is 25.6 Å². The van der Waals surface area contributed by atoms with E-state index in [0.29, 0.717) is 11.4 Å². The number of sulfone groups is 1. The van der Waals surface area contributed by atoms with Crippen LogP contribution in [0.15, 0.2) is 71.0 Å². The van der Waals surface area contributed by atoms with Crippen LogP contribution in [-0.2, 0) is 9.84 Å². The Balaban J connectivity index is 2.21. The SMILES string of the molecule is C=CCSc1ccccc1NC(=O)c1ccc(S(=O)(=O)C(F)(F)F)cc1. The molecule has 138 valence electrons. The molecular formula is C17H14F3NO3S2. The predicted octanol–water partition coefficient (Wildman–Crippen LogP) is 4.51. The van der Waals surface area contributed by atoms with E-state index in [1.54, 1.807) is 24.3 Å². The maximum atomic E-state index is 12.5. The second-order valence-electron chi connectivity index (χ2n) is 5.02. The van der Waals surface area contributed by atoms with Crippen molar-refractivity contribution in [3.05, 3.63) is 66.7 Å². The number of halogens is 3. The summed E-state index contributed by atoms with van der Waals surface area (Å²) in [7, 11) is -5.44. The van der Waals surface area contributed by atoms with Crippen molar-refractivity contribution in [2.24, 2.45) is 0 Å². The Hall–Kier alpha value is -2.26. The largest absolute Gasteiger partial charge is 0.501 e. The molecule has 0 saturated heterocycles. The van der Waals surface area contributed by atoms with Crippen LogP contribution in [0.3, 0.4) is 0 Å². The fourth-order valence-electron chi connectivity index (χ4n) is 1.96. The van der Waals surface area contributed by atoms with Gasteiger partial charge in [0.1, 0.15) is 0 Å². The Bertz CT molecular complexity index is 908. The lowest BCUT2D eigenvalue weighted by molar-refractivity contribution is -0.0436. The zero-order chi connectivity index (χ0) is 19.4. The lowest BCUT2D eigenvalue weighted by Crippen LogP contribution is -2.23. The molecule has 26 heavy (non-hydrogen) atoms. The van der Waals surface area contributed by atoms with Gasteiger partial charge in [0.05, 0.1) is 10.6 Å². The van der Waals surface area contributed by atoms with Gasteiger partial charge in [-0.15, -0.1) is 18.3 Å². The van der Waals surface area contributed by atoms with Gasteiger partial charge in [0, 0.05) is 16.2 Å². The third-order valence-corrected chi connectivity index (χ3v) is 5.80. The van der Waals surface area contributed by atoms with Gasteiger partial charge >= 0.3 is 5.51 Å². The number of benzene rings is 2. The highest BCUT2D eigenvalue weighted by atomic mass is 32.2. The van der Waals surface area contributed by atoms with Crippen LogP contribution in [0, 0.1) is 0 Å². The van der Waals surface area contributed by atoms with E-state index in [2.05, 4.69) is 11.9 Å². The summed E-state index contributed by atoms with van der Waals surface area (Å²) in [6.45, 7) is 3.62. The van der Waals surface area contributed by atoms with Gasteiger partial charge in [-0.3, -0.25) is 4.79 Å². The number of thioether (sulfide) groups is 1. The summed E-state index contributed by atoms with van der Waals surface area (Å²) < 4.78 is 60.3. The number of para-hydroxylation sites is 1. The fourth-order valence-corrected chi connectivity index (χ4v) is 3.47. The molecule has 0 unspecified atom stereocenters. The van der Waals surface area contributed by atoms with Gasteiger partial charge in [-0.05, 0) is 36.4 Å². The van der Waals surface area contributed by atoms with E-state index in [0.717, 1.165) is 29.2 Å². The van der Waals surface area contributed by atoms with Crippen LogP contribution in [0.25, 0.3) is 0 Å². The number of hydrogen-bond acceptors (Lipinski definition) is 4. The lowest BCUT2D eigenvalue weighted by Gasteiger charge is -2.11. The minimum atomic E-state index is -5.44. The molecule has 0 aliphatic heterocycles. The van der Waals surface area contributed by atoms with E-state index in [1.807, 2.05) is 6.07 Å². The minimum Gasteiger partial charge on any atom is -0.321 e. The maximum Gasteiger partial charge on any atom is 0.501 e. The molecule has 9 heteroatoms. The number of rotatable bonds is 6. The molecule has 1 amide bonds. The van der Waals surface area contributed by atoms with Crippen molar-refractivity contribution in [1.82, 2.24) is 0 Å². The summed E-state index contributed by atoms with van der Waals surface area (Å²) in [4.78, 5) is 12.2. The topological polar surface area (TPSA) is 63.2 Å². The first kappa shape index (κ1) is 20.1. The number of hydrogen-bond donors (Lipinski definition) is 1. The molecule has 0 aliphatic rings. The fraction of sp³-hybridized carbons (Fsp3) is 0.118. The highest BCUT2D eigenvalue weighted by Crippen LogP contribution is 2.31. The molecule has 0 radical (unpaired) electrons. The highest BCUT2D eigenvalue weighted by molar-refractivity contribution is 7.99. The normalized spacial score (nSPS) is 11.8. The van der Waals surface area contributed by atoms with E-state index >= 15 is 0 Å². The zero-order valence-corrected chi connectivity index (χ0v) is 14.9. The average Bonchev–Trinajstić information content (AvgIpc) is 2.60. The molecule has 2 aromatic rings. The Morgan fingerprint density at radius 2 is 1.73 bits per heavy atom. The first-order chi connectivity index (χ1) is 12.2. The molecular weight excluding hydrogens is 387 g/mol. The van der Waals surface area contributed by atoms with E-state index < -0.39 is 26.1 Å². The van der Waals surface area contributed by atoms with Crippen LogP contribution >= 0.6 is 11.8 Å². The van der Waals surface area contributed by atoms with E-state index in [-0.39, 0.29) is 5.56 Å². The van der Waals surface area contributed by atoms with Crippen molar-refractivity contribution in [1.29, 1.82) is 0 Å². The van der Waals surface area contributed by atoms with Crippen molar-refractivity contribution in [3.63, 3.8) is 0 Å². The first-order valence-electron chi connectivity index (χ1n) is 7.22. The second-order valence-corrected chi connectivity index (χ2v) is 8.03. The smallest absolute Gasteiger partial charge is 0.321 e. The summed E-state index contributed by atoms with van der Waals surface area (Å²) >= 11 is 1.46. The molecule has 0 spiro atoms. The maximum absolute atomic E-state index is 12.5. The van der Waals surface area contributed by atoms with Gasteiger partial charge in [-0.1, -0.05) is 18.2 Å². The molecule has 0 aromatic heterocycles. The van der Waals surface area contributed by atoms with Crippen molar-refractivity contribution >= 4 is 33.2 Å². The van der Waals surface area contributed by atoms with Crippen molar-refractivity contribution < 1.29 is 26.4 Å².